The van der Waals surface area contributed by atoms with Crippen molar-refractivity contribution in [2.45, 2.75) is 13.8 Å². The number of terminal acetylenes is 1. The second-order valence-corrected chi connectivity index (χ2v) is 4.64. The first-order valence-corrected chi connectivity index (χ1v) is 6.62. The molecule has 0 saturated carbocycles. The quantitative estimate of drug-likeness (QED) is 0.851. The predicted octanol–water partition coefficient (Wildman–Crippen LogP) is 3.62. The maximum absolute atomic E-state index is 5.60. The van der Waals surface area contributed by atoms with E-state index < -0.39 is 0 Å². The Labute approximate surface area is 120 Å². The van der Waals surface area contributed by atoms with Crippen LogP contribution >= 0.6 is 0 Å². The van der Waals surface area contributed by atoms with Crippen LogP contribution in [0.2, 0.25) is 0 Å². The summed E-state index contributed by atoms with van der Waals surface area (Å²) >= 11 is 0. The van der Waals surface area contributed by atoms with Gasteiger partial charge in [-0.05, 0) is 25.5 Å². The fourth-order valence-corrected chi connectivity index (χ4v) is 2.09. The van der Waals surface area contributed by atoms with Crippen molar-refractivity contribution in [3.05, 3.63) is 59.9 Å². The summed E-state index contributed by atoms with van der Waals surface area (Å²) in [4.78, 5) is 4.47. The second kappa shape index (κ2) is 6.08. The van der Waals surface area contributed by atoms with Crippen molar-refractivity contribution in [2.24, 2.45) is 0 Å². The summed E-state index contributed by atoms with van der Waals surface area (Å²) in [5, 5.41) is 3.15. The van der Waals surface area contributed by atoms with Crippen molar-refractivity contribution in [3.63, 3.8) is 0 Å². The largest absolute Gasteiger partial charge is 0.384 e. The molecule has 2 rings (SSSR count). The molecule has 0 unspecified atom stereocenters. The fraction of sp³-hybridized carbons (Fsp3) is 0.167. The average Bonchev–Trinajstić information content (AvgIpc) is 2.46. The molecule has 0 aliphatic rings. The van der Waals surface area contributed by atoms with Gasteiger partial charge in [0, 0.05) is 18.3 Å². The number of rotatable bonds is 4. The number of aromatic nitrogens is 1. The van der Waals surface area contributed by atoms with Crippen LogP contribution in [0.3, 0.4) is 0 Å². The Kier molecular flexibility index (Phi) is 4.22. The summed E-state index contributed by atoms with van der Waals surface area (Å²) in [6, 6.07) is 10.3. The van der Waals surface area contributed by atoms with E-state index >= 15 is 0 Å². The smallest absolute Gasteiger partial charge is 0.101 e. The van der Waals surface area contributed by atoms with E-state index in [2.05, 4.69) is 47.9 Å². The molecule has 0 aliphatic carbocycles. The highest BCUT2D eigenvalue weighted by Gasteiger charge is 2.08. The van der Waals surface area contributed by atoms with Gasteiger partial charge in [-0.15, -0.1) is 6.42 Å². The first-order valence-electron chi connectivity index (χ1n) is 6.62. The summed E-state index contributed by atoms with van der Waals surface area (Å²) in [6.07, 6.45) is 7.44. The molecule has 0 amide bonds. The van der Waals surface area contributed by atoms with Crippen molar-refractivity contribution < 1.29 is 0 Å². The minimum atomic E-state index is 0.741. The molecule has 1 heterocycles. The van der Waals surface area contributed by atoms with Crippen LogP contribution in [0.1, 0.15) is 23.7 Å². The highest BCUT2D eigenvalue weighted by atomic mass is 14.9. The number of aryl methyl sites for hydroxylation is 1. The van der Waals surface area contributed by atoms with E-state index in [1.54, 1.807) is 0 Å². The Morgan fingerprint density at radius 3 is 2.80 bits per heavy atom. The molecule has 0 bridgehead atoms. The molecule has 100 valence electrons. The number of nitrogens with one attached hydrogen (secondary N) is 1. The van der Waals surface area contributed by atoms with Gasteiger partial charge >= 0.3 is 0 Å². The normalized spacial score (nSPS) is 9.85. The Hall–Kier alpha value is -2.53. The van der Waals surface area contributed by atoms with Gasteiger partial charge in [-0.25, -0.2) is 0 Å². The molecule has 0 spiro atoms. The molecule has 2 aromatic rings. The maximum Gasteiger partial charge on any atom is 0.101 e. The summed E-state index contributed by atoms with van der Waals surface area (Å²) in [6.45, 7) is 8.85. The van der Waals surface area contributed by atoms with Crippen LogP contribution < -0.4 is 5.32 Å². The van der Waals surface area contributed by atoms with Crippen molar-refractivity contribution >= 4 is 5.70 Å². The number of pyridine rings is 1. The topological polar surface area (TPSA) is 24.9 Å². The van der Waals surface area contributed by atoms with Crippen molar-refractivity contribution in [1.82, 2.24) is 10.3 Å². The molecule has 0 aliphatic heterocycles. The maximum atomic E-state index is 5.60. The Balaban J connectivity index is 2.45. The number of hydrogen-bond donors (Lipinski definition) is 1. The second-order valence-electron chi connectivity index (χ2n) is 4.64. The van der Waals surface area contributed by atoms with Crippen LogP contribution in [0.25, 0.3) is 16.8 Å². The highest BCUT2D eigenvalue weighted by molar-refractivity contribution is 5.71. The van der Waals surface area contributed by atoms with E-state index in [0.717, 1.165) is 34.6 Å². The monoisotopic (exact) mass is 262 g/mol. The molecule has 1 aromatic heterocycles. The van der Waals surface area contributed by atoms with E-state index in [-0.39, 0.29) is 0 Å². The third-order valence-corrected chi connectivity index (χ3v) is 3.07. The van der Waals surface area contributed by atoms with Crippen LogP contribution in [0.4, 0.5) is 0 Å². The number of benzene rings is 1. The first-order chi connectivity index (χ1) is 9.65. The number of hydrogen-bond acceptors (Lipinski definition) is 2. The average molecular weight is 262 g/mol. The van der Waals surface area contributed by atoms with Gasteiger partial charge in [-0.2, -0.15) is 0 Å². The van der Waals surface area contributed by atoms with Gasteiger partial charge in [-0.3, -0.25) is 4.98 Å². The molecule has 20 heavy (non-hydrogen) atoms. The molecule has 0 fully saturated rings. The third kappa shape index (κ3) is 2.89. The van der Waals surface area contributed by atoms with Crippen LogP contribution in [0.5, 0.6) is 0 Å². The lowest BCUT2D eigenvalue weighted by molar-refractivity contribution is 0.932. The van der Waals surface area contributed by atoms with Gasteiger partial charge in [-0.1, -0.05) is 42.3 Å². The van der Waals surface area contributed by atoms with Crippen molar-refractivity contribution in [1.29, 1.82) is 0 Å². The molecular formula is C18H18N2. The first kappa shape index (κ1) is 13.9. The van der Waals surface area contributed by atoms with Crippen molar-refractivity contribution in [2.75, 3.05) is 6.54 Å². The van der Waals surface area contributed by atoms with E-state index in [0.29, 0.717) is 0 Å². The molecule has 1 N–H and O–H groups in total. The highest BCUT2D eigenvalue weighted by Crippen LogP contribution is 2.23. The van der Waals surface area contributed by atoms with Crippen molar-refractivity contribution in [3.8, 4) is 23.5 Å². The Morgan fingerprint density at radius 2 is 2.15 bits per heavy atom. The minimum absolute atomic E-state index is 0.741. The zero-order valence-corrected chi connectivity index (χ0v) is 11.9. The SMILES string of the molecule is C#Cc1cc(-c2cccc(C)c2)cnc1C(=C)NCC. The van der Waals surface area contributed by atoms with Crippen LogP contribution in [-0.2, 0) is 0 Å². The summed E-state index contributed by atoms with van der Waals surface area (Å²) in [5.74, 6) is 2.70. The van der Waals surface area contributed by atoms with Gasteiger partial charge in [0.05, 0.1) is 11.3 Å². The van der Waals surface area contributed by atoms with E-state index in [4.69, 9.17) is 6.42 Å². The standard InChI is InChI=1S/C18H18N2/c1-5-15-11-17(16-9-7-8-13(3)10-16)12-20-18(15)14(4)19-6-2/h1,7-12,19H,4,6H2,2-3H3. The predicted molar refractivity (Wildman–Crippen MR) is 85.1 cm³/mol. The van der Waals surface area contributed by atoms with Gasteiger partial charge < -0.3 is 5.32 Å². The summed E-state index contributed by atoms with van der Waals surface area (Å²) in [5.41, 5.74) is 5.62. The lowest BCUT2D eigenvalue weighted by atomic mass is 10.0. The fourth-order valence-electron chi connectivity index (χ4n) is 2.09. The molecule has 0 radical (unpaired) electrons. The van der Waals surface area contributed by atoms with Gasteiger partial charge in [0.15, 0.2) is 0 Å². The molecule has 0 atom stereocenters. The lowest BCUT2D eigenvalue weighted by Crippen LogP contribution is -2.12. The van der Waals surface area contributed by atoms with Gasteiger partial charge in [0.1, 0.15) is 5.69 Å². The zero-order chi connectivity index (χ0) is 14.5. The van der Waals surface area contributed by atoms with Crippen LogP contribution in [-0.4, -0.2) is 11.5 Å². The van der Waals surface area contributed by atoms with Crippen LogP contribution in [0.15, 0.2) is 43.1 Å². The molecular weight excluding hydrogens is 244 g/mol. The molecule has 1 aromatic carbocycles. The van der Waals surface area contributed by atoms with E-state index in [1.807, 2.05) is 25.3 Å². The van der Waals surface area contributed by atoms with Crippen LogP contribution in [0, 0.1) is 19.3 Å². The minimum Gasteiger partial charge on any atom is -0.384 e. The molecule has 2 heteroatoms. The zero-order valence-electron chi connectivity index (χ0n) is 11.9. The number of nitrogens with zero attached hydrogens (tertiary/aromatic N) is 1. The lowest BCUT2D eigenvalue weighted by Gasteiger charge is -2.11. The Bertz CT molecular complexity index is 678. The van der Waals surface area contributed by atoms with Gasteiger partial charge in [0.25, 0.3) is 0 Å². The molecule has 0 saturated heterocycles. The third-order valence-electron chi connectivity index (χ3n) is 3.07. The van der Waals surface area contributed by atoms with Gasteiger partial charge in [0.2, 0.25) is 0 Å². The molecule has 2 nitrogen and oxygen atoms in total. The summed E-state index contributed by atoms with van der Waals surface area (Å²) < 4.78 is 0. The van der Waals surface area contributed by atoms with E-state index in [9.17, 15) is 0 Å². The van der Waals surface area contributed by atoms with E-state index in [1.165, 1.54) is 5.56 Å². The Morgan fingerprint density at radius 1 is 1.35 bits per heavy atom. The summed E-state index contributed by atoms with van der Waals surface area (Å²) in [7, 11) is 0.